The fraction of sp³-hybridized carbons (Fsp3) is 0.833. The summed E-state index contributed by atoms with van der Waals surface area (Å²) >= 11 is 0. The van der Waals surface area contributed by atoms with E-state index in [1.807, 2.05) is 0 Å². The number of alkyl halides is 2. The van der Waals surface area contributed by atoms with Crippen LogP contribution in [0.1, 0.15) is 0 Å². The molecule has 0 heterocycles. The maximum atomic E-state index is 12.0. The standard InChI is InChI=1S/C6H10F2O5/c7-5(8)6(13,2-10)4(12)3(11)1-9/h1,3-5,10-13H,2H2. The van der Waals surface area contributed by atoms with E-state index in [9.17, 15) is 13.6 Å². The van der Waals surface area contributed by atoms with Crippen LogP contribution in [0.15, 0.2) is 0 Å². The molecular formula is C6H10F2O5. The fourth-order valence-corrected chi connectivity index (χ4v) is 0.662. The Balaban J connectivity index is 4.65. The summed E-state index contributed by atoms with van der Waals surface area (Å²) in [5, 5.41) is 34.7. The Kier molecular flexibility index (Phi) is 4.34. The highest BCUT2D eigenvalue weighted by Gasteiger charge is 2.47. The molecule has 0 fully saturated rings. The third kappa shape index (κ3) is 2.41. The normalized spacial score (nSPS) is 20.8. The Morgan fingerprint density at radius 1 is 1.38 bits per heavy atom. The molecule has 0 aromatic carbocycles. The predicted octanol–water partition coefficient (Wildman–Crippen LogP) is -2.10. The van der Waals surface area contributed by atoms with Gasteiger partial charge in [0, 0.05) is 0 Å². The number of hydrogen-bond donors (Lipinski definition) is 4. The monoisotopic (exact) mass is 200 g/mol. The van der Waals surface area contributed by atoms with Gasteiger partial charge in [-0.2, -0.15) is 0 Å². The summed E-state index contributed by atoms with van der Waals surface area (Å²) in [5.74, 6) is 0. The number of aliphatic hydroxyl groups is 4. The van der Waals surface area contributed by atoms with Crippen LogP contribution in [0.3, 0.4) is 0 Å². The smallest absolute Gasteiger partial charge is 0.271 e. The first-order valence-corrected chi connectivity index (χ1v) is 3.33. The molecule has 0 aliphatic rings. The van der Waals surface area contributed by atoms with Crippen LogP contribution in [-0.2, 0) is 4.79 Å². The molecule has 4 N–H and O–H groups in total. The van der Waals surface area contributed by atoms with Gasteiger partial charge in [-0.1, -0.05) is 0 Å². The fourth-order valence-electron chi connectivity index (χ4n) is 0.662. The largest absolute Gasteiger partial charge is 0.393 e. The summed E-state index contributed by atoms with van der Waals surface area (Å²) < 4.78 is 24.1. The van der Waals surface area contributed by atoms with Crippen molar-refractivity contribution in [2.45, 2.75) is 24.2 Å². The van der Waals surface area contributed by atoms with Crippen molar-refractivity contribution >= 4 is 6.29 Å². The summed E-state index contributed by atoms with van der Waals surface area (Å²) in [6.07, 6.45) is -8.27. The molecule has 0 rings (SSSR count). The van der Waals surface area contributed by atoms with E-state index in [4.69, 9.17) is 20.4 Å². The van der Waals surface area contributed by atoms with Gasteiger partial charge in [0.1, 0.15) is 12.2 Å². The van der Waals surface area contributed by atoms with Gasteiger partial charge in [0.2, 0.25) is 0 Å². The van der Waals surface area contributed by atoms with E-state index in [1.165, 1.54) is 0 Å². The molecule has 0 saturated carbocycles. The van der Waals surface area contributed by atoms with E-state index in [-0.39, 0.29) is 6.29 Å². The van der Waals surface area contributed by atoms with Crippen LogP contribution >= 0.6 is 0 Å². The van der Waals surface area contributed by atoms with Crippen LogP contribution in [0, 0.1) is 0 Å². The van der Waals surface area contributed by atoms with Crippen molar-refractivity contribution in [2.24, 2.45) is 0 Å². The number of aliphatic hydroxyl groups excluding tert-OH is 3. The summed E-state index contributed by atoms with van der Waals surface area (Å²) in [7, 11) is 0. The molecule has 0 aromatic heterocycles. The molecule has 0 spiro atoms. The molecule has 3 unspecified atom stereocenters. The van der Waals surface area contributed by atoms with E-state index in [2.05, 4.69) is 0 Å². The molecule has 0 aliphatic heterocycles. The minimum absolute atomic E-state index is 0.215. The lowest BCUT2D eigenvalue weighted by molar-refractivity contribution is -0.203. The van der Waals surface area contributed by atoms with Crippen molar-refractivity contribution in [1.82, 2.24) is 0 Å². The van der Waals surface area contributed by atoms with Gasteiger partial charge in [-0.25, -0.2) is 8.78 Å². The number of hydrogen-bond acceptors (Lipinski definition) is 5. The maximum absolute atomic E-state index is 12.0. The zero-order valence-electron chi connectivity index (χ0n) is 6.47. The number of rotatable bonds is 5. The molecule has 5 nitrogen and oxygen atoms in total. The molecule has 0 amide bonds. The van der Waals surface area contributed by atoms with Gasteiger partial charge in [0.05, 0.1) is 6.61 Å². The van der Waals surface area contributed by atoms with E-state index >= 15 is 0 Å². The van der Waals surface area contributed by atoms with Gasteiger partial charge in [0.25, 0.3) is 6.43 Å². The number of halogens is 2. The Labute approximate surface area is 72.2 Å². The van der Waals surface area contributed by atoms with Gasteiger partial charge < -0.3 is 25.2 Å². The zero-order chi connectivity index (χ0) is 10.6. The van der Waals surface area contributed by atoms with Gasteiger partial charge in [-0.3, -0.25) is 0 Å². The zero-order valence-corrected chi connectivity index (χ0v) is 6.47. The van der Waals surface area contributed by atoms with Gasteiger partial charge in [-0.15, -0.1) is 0 Å². The van der Waals surface area contributed by atoms with Gasteiger partial charge in [0.15, 0.2) is 11.9 Å². The molecule has 78 valence electrons. The topological polar surface area (TPSA) is 98.0 Å². The Hall–Kier alpha value is -0.630. The first-order chi connectivity index (χ1) is 5.90. The second-order valence-electron chi connectivity index (χ2n) is 2.52. The lowest BCUT2D eigenvalue weighted by atomic mass is 9.94. The van der Waals surface area contributed by atoms with Gasteiger partial charge >= 0.3 is 0 Å². The molecule has 13 heavy (non-hydrogen) atoms. The molecule has 0 aromatic rings. The highest BCUT2D eigenvalue weighted by Crippen LogP contribution is 2.21. The second kappa shape index (κ2) is 4.56. The molecule has 0 saturated heterocycles. The Morgan fingerprint density at radius 2 is 1.85 bits per heavy atom. The first kappa shape index (κ1) is 12.4. The van der Waals surface area contributed by atoms with Crippen LogP contribution in [-0.4, -0.2) is 57.6 Å². The van der Waals surface area contributed by atoms with Crippen molar-refractivity contribution < 1.29 is 34.0 Å². The van der Waals surface area contributed by atoms with Crippen molar-refractivity contribution in [2.75, 3.05) is 6.61 Å². The molecular weight excluding hydrogens is 190 g/mol. The molecule has 0 bridgehead atoms. The van der Waals surface area contributed by atoms with E-state index in [0.29, 0.717) is 0 Å². The SMILES string of the molecule is O=CC(O)C(O)C(O)(CO)C(F)F. The molecule has 7 heteroatoms. The average Bonchev–Trinajstić information content (AvgIpc) is 2.13. The number of aldehydes is 1. The van der Waals surface area contributed by atoms with Crippen molar-refractivity contribution in [3.05, 3.63) is 0 Å². The summed E-state index contributed by atoms with van der Waals surface area (Å²) in [4.78, 5) is 9.88. The van der Waals surface area contributed by atoms with E-state index in [1.54, 1.807) is 0 Å². The minimum Gasteiger partial charge on any atom is -0.393 e. The summed E-state index contributed by atoms with van der Waals surface area (Å²) in [6.45, 7) is -1.46. The highest BCUT2D eigenvalue weighted by atomic mass is 19.3. The molecule has 3 atom stereocenters. The third-order valence-corrected chi connectivity index (χ3v) is 1.61. The first-order valence-electron chi connectivity index (χ1n) is 3.33. The van der Waals surface area contributed by atoms with Crippen molar-refractivity contribution in [3.63, 3.8) is 0 Å². The second-order valence-corrected chi connectivity index (χ2v) is 2.52. The summed E-state index contributed by atoms with van der Waals surface area (Å²) in [6, 6.07) is 0. The molecule has 0 aliphatic carbocycles. The quantitative estimate of drug-likeness (QED) is 0.381. The van der Waals surface area contributed by atoms with Crippen LogP contribution in [0.2, 0.25) is 0 Å². The Bertz CT molecular complexity index is 176. The van der Waals surface area contributed by atoms with Crippen molar-refractivity contribution in [1.29, 1.82) is 0 Å². The van der Waals surface area contributed by atoms with E-state index < -0.39 is 30.8 Å². The Morgan fingerprint density at radius 3 is 2.08 bits per heavy atom. The minimum atomic E-state index is -3.47. The van der Waals surface area contributed by atoms with Crippen molar-refractivity contribution in [3.8, 4) is 0 Å². The lowest BCUT2D eigenvalue weighted by Gasteiger charge is -2.31. The lowest BCUT2D eigenvalue weighted by Crippen LogP contribution is -2.57. The number of carbonyl (C=O) groups is 1. The predicted molar refractivity (Wildman–Crippen MR) is 36.1 cm³/mol. The van der Waals surface area contributed by atoms with Crippen LogP contribution in [0.5, 0.6) is 0 Å². The highest BCUT2D eigenvalue weighted by molar-refractivity contribution is 5.57. The van der Waals surface area contributed by atoms with Crippen LogP contribution in [0.4, 0.5) is 8.78 Å². The maximum Gasteiger partial charge on any atom is 0.271 e. The summed E-state index contributed by atoms with van der Waals surface area (Å²) in [5.41, 5.74) is -3.18. The average molecular weight is 200 g/mol. The molecule has 0 radical (unpaired) electrons. The van der Waals surface area contributed by atoms with Crippen LogP contribution < -0.4 is 0 Å². The van der Waals surface area contributed by atoms with Gasteiger partial charge in [-0.05, 0) is 0 Å². The van der Waals surface area contributed by atoms with E-state index in [0.717, 1.165) is 0 Å². The number of carbonyl (C=O) groups excluding carboxylic acids is 1. The van der Waals surface area contributed by atoms with Crippen LogP contribution in [0.25, 0.3) is 0 Å². The third-order valence-electron chi connectivity index (χ3n) is 1.61.